The first kappa shape index (κ1) is 13.5. The van der Waals surface area contributed by atoms with Gasteiger partial charge in [0, 0.05) is 12.2 Å². The Bertz CT molecular complexity index is 388. The molecular weight excluding hydrogens is 218 g/mol. The standard InChI is InChI=1S/C13H19NO3/c1-9(2)17-7-6-14-12-8-10(3)4-5-11(12)13(15)16/h4-5,8-9,14H,6-7H2,1-3H3,(H,15,16). The van der Waals surface area contributed by atoms with Crippen molar-refractivity contribution < 1.29 is 14.6 Å². The van der Waals surface area contributed by atoms with Gasteiger partial charge in [0.25, 0.3) is 0 Å². The Labute approximate surface area is 102 Å². The zero-order valence-electron chi connectivity index (χ0n) is 10.5. The summed E-state index contributed by atoms with van der Waals surface area (Å²) in [5, 5.41) is 12.1. The largest absolute Gasteiger partial charge is 0.478 e. The Kier molecular flexibility index (Phi) is 4.97. The highest BCUT2D eigenvalue weighted by atomic mass is 16.5. The second-order valence-corrected chi connectivity index (χ2v) is 4.20. The summed E-state index contributed by atoms with van der Waals surface area (Å²) in [7, 11) is 0. The summed E-state index contributed by atoms with van der Waals surface area (Å²) >= 11 is 0. The third-order valence-corrected chi connectivity index (χ3v) is 2.27. The third-order valence-electron chi connectivity index (χ3n) is 2.27. The van der Waals surface area contributed by atoms with Crippen LogP contribution >= 0.6 is 0 Å². The monoisotopic (exact) mass is 237 g/mol. The molecule has 0 aliphatic rings. The van der Waals surface area contributed by atoms with Crippen molar-refractivity contribution in [2.45, 2.75) is 26.9 Å². The highest BCUT2D eigenvalue weighted by Crippen LogP contribution is 2.17. The second kappa shape index (κ2) is 6.25. The molecule has 4 heteroatoms. The number of nitrogens with one attached hydrogen (secondary N) is 1. The van der Waals surface area contributed by atoms with Crippen LogP contribution in [-0.4, -0.2) is 30.3 Å². The molecule has 0 saturated heterocycles. The van der Waals surface area contributed by atoms with Crippen LogP contribution in [0.15, 0.2) is 18.2 Å². The molecule has 0 radical (unpaired) electrons. The third kappa shape index (κ3) is 4.44. The molecule has 0 bridgehead atoms. The number of aromatic carboxylic acids is 1. The van der Waals surface area contributed by atoms with Gasteiger partial charge in [0.15, 0.2) is 0 Å². The first-order chi connectivity index (χ1) is 8.00. The van der Waals surface area contributed by atoms with E-state index >= 15 is 0 Å². The molecule has 2 N–H and O–H groups in total. The van der Waals surface area contributed by atoms with Gasteiger partial charge < -0.3 is 15.2 Å². The number of carbonyl (C=O) groups is 1. The molecule has 0 spiro atoms. The maximum atomic E-state index is 11.0. The number of carboxylic acid groups (broad SMARTS) is 1. The Balaban J connectivity index is 2.62. The van der Waals surface area contributed by atoms with Crippen LogP contribution in [0.2, 0.25) is 0 Å². The average molecular weight is 237 g/mol. The predicted octanol–water partition coefficient (Wildman–Crippen LogP) is 2.53. The summed E-state index contributed by atoms with van der Waals surface area (Å²) in [6.45, 7) is 7.03. The summed E-state index contributed by atoms with van der Waals surface area (Å²) in [5.74, 6) is -0.919. The number of rotatable bonds is 6. The number of aryl methyl sites for hydroxylation is 1. The maximum Gasteiger partial charge on any atom is 0.337 e. The molecule has 0 fully saturated rings. The highest BCUT2D eigenvalue weighted by molar-refractivity contribution is 5.94. The van der Waals surface area contributed by atoms with E-state index in [0.29, 0.717) is 24.4 Å². The Morgan fingerprint density at radius 2 is 2.18 bits per heavy atom. The van der Waals surface area contributed by atoms with Crippen LogP contribution in [-0.2, 0) is 4.74 Å². The zero-order chi connectivity index (χ0) is 12.8. The Morgan fingerprint density at radius 1 is 1.47 bits per heavy atom. The minimum absolute atomic E-state index is 0.188. The van der Waals surface area contributed by atoms with Crippen LogP contribution in [0.5, 0.6) is 0 Å². The molecule has 1 aromatic rings. The van der Waals surface area contributed by atoms with E-state index in [1.165, 1.54) is 0 Å². The molecule has 17 heavy (non-hydrogen) atoms. The number of hydrogen-bond acceptors (Lipinski definition) is 3. The van der Waals surface area contributed by atoms with E-state index < -0.39 is 5.97 Å². The van der Waals surface area contributed by atoms with Gasteiger partial charge in [-0.05, 0) is 38.5 Å². The van der Waals surface area contributed by atoms with Crippen molar-refractivity contribution in [3.05, 3.63) is 29.3 Å². The number of benzene rings is 1. The topological polar surface area (TPSA) is 58.6 Å². The molecule has 0 heterocycles. The fourth-order valence-corrected chi connectivity index (χ4v) is 1.47. The lowest BCUT2D eigenvalue weighted by molar-refractivity contribution is 0.0697. The van der Waals surface area contributed by atoms with Crippen LogP contribution < -0.4 is 5.32 Å². The zero-order valence-corrected chi connectivity index (χ0v) is 10.5. The smallest absolute Gasteiger partial charge is 0.337 e. The van der Waals surface area contributed by atoms with Crippen LogP contribution in [0.25, 0.3) is 0 Å². The lowest BCUT2D eigenvalue weighted by Crippen LogP contribution is -2.15. The molecule has 0 unspecified atom stereocenters. The van der Waals surface area contributed by atoms with Crippen LogP contribution in [0, 0.1) is 6.92 Å². The van der Waals surface area contributed by atoms with Gasteiger partial charge in [-0.1, -0.05) is 6.07 Å². The number of carboxylic acids is 1. The predicted molar refractivity (Wildman–Crippen MR) is 67.7 cm³/mol. The Morgan fingerprint density at radius 3 is 2.76 bits per heavy atom. The second-order valence-electron chi connectivity index (χ2n) is 4.20. The molecule has 0 aliphatic heterocycles. The molecule has 94 valence electrons. The lowest BCUT2D eigenvalue weighted by atomic mass is 10.1. The summed E-state index contributed by atoms with van der Waals surface area (Å²) in [6.07, 6.45) is 0.188. The van der Waals surface area contributed by atoms with Crippen molar-refractivity contribution in [1.29, 1.82) is 0 Å². The van der Waals surface area contributed by atoms with E-state index in [9.17, 15) is 4.79 Å². The highest BCUT2D eigenvalue weighted by Gasteiger charge is 2.09. The van der Waals surface area contributed by atoms with Gasteiger partial charge in [-0.25, -0.2) is 4.79 Å². The molecule has 0 atom stereocenters. The molecule has 0 amide bonds. The Hall–Kier alpha value is -1.55. The number of anilines is 1. The fraction of sp³-hybridized carbons (Fsp3) is 0.462. The normalized spacial score (nSPS) is 10.6. The minimum atomic E-state index is -0.919. The summed E-state index contributed by atoms with van der Waals surface area (Å²) in [4.78, 5) is 11.0. The van der Waals surface area contributed by atoms with Gasteiger partial charge in [-0.2, -0.15) is 0 Å². The van der Waals surface area contributed by atoms with Crippen molar-refractivity contribution >= 4 is 11.7 Å². The fourth-order valence-electron chi connectivity index (χ4n) is 1.47. The molecule has 1 rings (SSSR count). The van der Waals surface area contributed by atoms with E-state index in [1.54, 1.807) is 12.1 Å². The van der Waals surface area contributed by atoms with Crippen molar-refractivity contribution in [1.82, 2.24) is 0 Å². The molecular formula is C13H19NO3. The molecule has 1 aromatic carbocycles. The van der Waals surface area contributed by atoms with Gasteiger partial charge in [-0.3, -0.25) is 0 Å². The summed E-state index contributed by atoms with van der Waals surface area (Å²) in [6, 6.07) is 5.24. The van der Waals surface area contributed by atoms with Gasteiger partial charge in [0.1, 0.15) is 0 Å². The quantitative estimate of drug-likeness (QED) is 0.746. The van der Waals surface area contributed by atoms with E-state index in [4.69, 9.17) is 9.84 Å². The van der Waals surface area contributed by atoms with Crippen LogP contribution in [0.3, 0.4) is 0 Å². The average Bonchev–Trinajstić information content (AvgIpc) is 2.23. The van der Waals surface area contributed by atoms with Crippen molar-refractivity contribution in [2.75, 3.05) is 18.5 Å². The number of ether oxygens (including phenoxy) is 1. The van der Waals surface area contributed by atoms with Crippen LogP contribution in [0.4, 0.5) is 5.69 Å². The van der Waals surface area contributed by atoms with E-state index in [2.05, 4.69) is 5.32 Å². The van der Waals surface area contributed by atoms with Crippen molar-refractivity contribution in [2.24, 2.45) is 0 Å². The lowest BCUT2D eigenvalue weighted by Gasteiger charge is -2.12. The SMILES string of the molecule is Cc1ccc(C(=O)O)c(NCCOC(C)C)c1. The first-order valence-corrected chi connectivity index (χ1v) is 5.70. The molecule has 4 nitrogen and oxygen atoms in total. The minimum Gasteiger partial charge on any atom is -0.478 e. The van der Waals surface area contributed by atoms with Gasteiger partial charge in [0.05, 0.1) is 18.3 Å². The van der Waals surface area contributed by atoms with Crippen molar-refractivity contribution in [3.63, 3.8) is 0 Å². The van der Waals surface area contributed by atoms with Crippen LogP contribution in [0.1, 0.15) is 29.8 Å². The van der Waals surface area contributed by atoms with E-state index in [-0.39, 0.29) is 6.10 Å². The number of hydrogen-bond donors (Lipinski definition) is 2. The molecule has 0 aliphatic carbocycles. The summed E-state index contributed by atoms with van der Waals surface area (Å²) in [5.41, 5.74) is 1.97. The van der Waals surface area contributed by atoms with E-state index in [1.807, 2.05) is 26.8 Å². The summed E-state index contributed by atoms with van der Waals surface area (Å²) < 4.78 is 5.38. The molecule has 0 aromatic heterocycles. The van der Waals surface area contributed by atoms with Gasteiger partial charge >= 0.3 is 5.97 Å². The first-order valence-electron chi connectivity index (χ1n) is 5.70. The van der Waals surface area contributed by atoms with Gasteiger partial charge in [0.2, 0.25) is 0 Å². The van der Waals surface area contributed by atoms with Gasteiger partial charge in [-0.15, -0.1) is 0 Å². The van der Waals surface area contributed by atoms with E-state index in [0.717, 1.165) is 5.56 Å². The maximum absolute atomic E-state index is 11.0. The van der Waals surface area contributed by atoms with Crippen molar-refractivity contribution in [3.8, 4) is 0 Å². The molecule has 0 saturated carbocycles.